The Morgan fingerprint density at radius 3 is 2.93 bits per heavy atom. The van der Waals surface area contributed by atoms with Gasteiger partial charge >= 0.3 is 0 Å². The third-order valence-corrected chi connectivity index (χ3v) is 4.05. The van der Waals surface area contributed by atoms with E-state index in [0.717, 1.165) is 35.1 Å². The summed E-state index contributed by atoms with van der Waals surface area (Å²) in [6, 6.07) is 0.352. The lowest BCUT2D eigenvalue weighted by atomic mass is 10.1. The number of rotatable bonds is 1. The van der Waals surface area contributed by atoms with Crippen LogP contribution in [0.5, 0.6) is 0 Å². The van der Waals surface area contributed by atoms with Crippen molar-refractivity contribution in [3.05, 3.63) is 10.8 Å². The highest BCUT2D eigenvalue weighted by atomic mass is 32.1. The maximum atomic E-state index is 5.90. The van der Waals surface area contributed by atoms with Gasteiger partial charge in [0.05, 0.1) is 0 Å². The first-order valence-corrected chi connectivity index (χ1v) is 6.00. The maximum Gasteiger partial charge on any atom is 0.234 e. The van der Waals surface area contributed by atoms with Crippen molar-refractivity contribution < 1.29 is 0 Å². The van der Waals surface area contributed by atoms with Crippen LogP contribution in [0.2, 0.25) is 0 Å². The van der Waals surface area contributed by atoms with Crippen LogP contribution in [0.1, 0.15) is 36.0 Å². The number of hydrogen-bond acceptors (Lipinski definition) is 5. The van der Waals surface area contributed by atoms with Crippen molar-refractivity contribution in [1.29, 1.82) is 0 Å². The fourth-order valence-electron chi connectivity index (χ4n) is 2.14. The molecule has 0 bridgehead atoms. The van der Waals surface area contributed by atoms with E-state index in [-0.39, 0.29) is 0 Å². The number of fused-ring (bicyclic) bond motifs is 1. The predicted octanol–water partition coefficient (Wildman–Crippen LogP) is 1.09. The normalized spacial score (nSPS) is 26.5. The lowest BCUT2D eigenvalue weighted by Crippen LogP contribution is -2.14. The average molecular weight is 223 g/mol. The van der Waals surface area contributed by atoms with Crippen molar-refractivity contribution in [2.75, 3.05) is 0 Å². The molecular weight excluding hydrogens is 210 g/mol. The van der Waals surface area contributed by atoms with Crippen molar-refractivity contribution in [3.8, 4) is 0 Å². The summed E-state index contributed by atoms with van der Waals surface area (Å²) in [5, 5.41) is 13.7. The molecule has 1 fully saturated rings. The molecule has 2 unspecified atom stereocenters. The fourth-order valence-corrected chi connectivity index (χ4v) is 3.17. The van der Waals surface area contributed by atoms with Gasteiger partial charge in [-0.2, -0.15) is 9.61 Å². The van der Waals surface area contributed by atoms with Crippen LogP contribution < -0.4 is 5.73 Å². The highest BCUT2D eigenvalue weighted by Crippen LogP contribution is 2.35. The van der Waals surface area contributed by atoms with Gasteiger partial charge in [-0.05, 0) is 26.2 Å². The minimum atomic E-state index is 0.352. The molecule has 1 aliphatic rings. The summed E-state index contributed by atoms with van der Waals surface area (Å²) in [4.78, 5) is 0.892. The Balaban J connectivity index is 1.98. The Hall–Kier alpha value is -1.01. The maximum absolute atomic E-state index is 5.90. The van der Waals surface area contributed by atoms with E-state index in [9.17, 15) is 0 Å². The molecule has 80 valence electrons. The topological polar surface area (TPSA) is 69.1 Å². The molecule has 0 amide bonds. The fraction of sp³-hybridized carbons (Fsp3) is 0.667. The van der Waals surface area contributed by atoms with Gasteiger partial charge in [-0.15, -0.1) is 10.2 Å². The second-order valence-electron chi connectivity index (χ2n) is 4.15. The van der Waals surface area contributed by atoms with Crippen molar-refractivity contribution in [1.82, 2.24) is 19.8 Å². The molecule has 3 rings (SSSR count). The molecule has 1 saturated carbocycles. The average Bonchev–Trinajstić information content (AvgIpc) is 2.84. The molecule has 0 spiro atoms. The summed E-state index contributed by atoms with van der Waals surface area (Å²) >= 11 is 1.64. The van der Waals surface area contributed by atoms with E-state index in [1.165, 1.54) is 0 Å². The number of aryl methyl sites for hydroxylation is 1. The number of hydrogen-bond donors (Lipinski definition) is 1. The van der Waals surface area contributed by atoms with E-state index in [0.29, 0.717) is 12.0 Å². The molecule has 2 atom stereocenters. The third-order valence-electron chi connectivity index (χ3n) is 2.98. The molecule has 6 heteroatoms. The predicted molar refractivity (Wildman–Crippen MR) is 58.0 cm³/mol. The molecule has 2 aromatic rings. The first-order chi connectivity index (χ1) is 7.24. The number of nitrogens with zero attached hydrogens (tertiary/aromatic N) is 4. The molecule has 15 heavy (non-hydrogen) atoms. The van der Waals surface area contributed by atoms with E-state index >= 15 is 0 Å². The Labute approximate surface area is 91.3 Å². The number of nitrogens with two attached hydrogens (primary N) is 1. The SMILES string of the molecule is Cc1nnc2sc(C3CCC(N)C3)nn12. The van der Waals surface area contributed by atoms with Crippen molar-refractivity contribution >= 4 is 16.3 Å². The Morgan fingerprint density at radius 2 is 2.27 bits per heavy atom. The van der Waals surface area contributed by atoms with Crippen LogP contribution in [-0.4, -0.2) is 25.9 Å². The van der Waals surface area contributed by atoms with Gasteiger partial charge in [0, 0.05) is 12.0 Å². The van der Waals surface area contributed by atoms with Crippen LogP contribution in [0.4, 0.5) is 0 Å². The lowest BCUT2D eigenvalue weighted by Gasteiger charge is -2.02. The van der Waals surface area contributed by atoms with Crippen LogP contribution in [0.25, 0.3) is 4.96 Å². The van der Waals surface area contributed by atoms with Crippen LogP contribution in [0.15, 0.2) is 0 Å². The standard InChI is InChI=1S/C9H13N5S/c1-5-11-12-9-14(5)13-8(15-9)6-2-3-7(10)4-6/h6-7H,2-4,10H2,1H3. The molecule has 2 N–H and O–H groups in total. The second kappa shape index (κ2) is 3.24. The minimum Gasteiger partial charge on any atom is -0.328 e. The van der Waals surface area contributed by atoms with Crippen LogP contribution in [0, 0.1) is 6.92 Å². The first kappa shape index (κ1) is 9.23. The largest absolute Gasteiger partial charge is 0.328 e. The zero-order chi connectivity index (χ0) is 10.4. The Kier molecular flexibility index (Phi) is 2.00. The summed E-state index contributed by atoms with van der Waals surface area (Å²) in [5.74, 6) is 1.39. The van der Waals surface area contributed by atoms with Gasteiger partial charge in [-0.25, -0.2) is 0 Å². The van der Waals surface area contributed by atoms with Crippen molar-refractivity contribution in [2.45, 2.75) is 38.1 Å². The van der Waals surface area contributed by atoms with E-state index in [2.05, 4.69) is 15.3 Å². The molecule has 0 aromatic carbocycles. The summed E-state index contributed by atoms with van der Waals surface area (Å²) in [5.41, 5.74) is 5.90. The van der Waals surface area contributed by atoms with Crippen LogP contribution in [-0.2, 0) is 0 Å². The summed E-state index contributed by atoms with van der Waals surface area (Å²) in [7, 11) is 0. The molecular formula is C9H13N5S. The van der Waals surface area contributed by atoms with E-state index < -0.39 is 0 Å². The molecule has 1 aliphatic carbocycles. The van der Waals surface area contributed by atoms with Gasteiger partial charge in [0.15, 0.2) is 5.82 Å². The minimum absolute atomic E-state index is 0.352. The third kappa shape index (κ3) is 1.44. The lowest BCUT2D eigenvalue weighted by molar-refractivity contribution is 0.660. The molecule has 0 radical (unpaired) electrons. The first-order valence-electron chi connectivity index (χ1n) is 5.18. The molecule has 2 heterocycles. The van der Waals surface area contributed by atoms with Gasteiger partial charge in [0.25, 0.3) is 0 Å². The Morgan fingerprint density at radius 1 is 1.40 bits per heavy atom. The zero-order valence-electron chi connectivity index (χ0n) is 8.55. The van der Waals surface area contributed by atoms with Crippen LogP contribution in [0.3, 0.4) is 0 Å². The molecule has 0 saturated heterocycles. The van der Waals surface area contributed by atoms with Gasteiger partial charge in [-0.1, -0.05) is 11.3 Å². The van der Waals surface area contributed by atoms with Crippen molar-refractivity contribution in [2.24, 2.45) is 5.73 Å². The zero-order valence-corrected chi connectivity index (χ0v) is 9.37. The number of aromatic nitrogens is 4. The van der Waals surface area contributed by atoms with E-state index in [4.69, 9.17) is 5.73 Å². The van der Waals surface area contributed by atoms with Gasteiger partial charge < -0.3 is 5.73 Å². The molecule has 2 aromatic heterocycles. The second-order valence-corrected chi connectivity index (χ2v) is 5.14. The highest BCUT2D eigenvalue weighted by molar-refractivity contribution is 7.16. The van der Waals surface area contributed by atoms with E-state index in [1.54, 1.807) is 11.3 Å². The monoisotopic (exact) mass is 223 g/mol. The van der Waals surface area contributed by atoms with Crippen molar-refractivity contribution in [3.63, 3.8) is 0 Å². The summed E-state index contributed by atoms with van der Waals surface area (Å²) in [6.45, 7) is 1.92. The Bertz CT molecular complexity index is 488. The quantitative estimate of drug-likeness (QED) is 0.785. The van der Waals surface area contributed by atoms with Crippen LogP contribution >= 0.6 is 11.3 Å². The summed E-state index contributed by atoms with van der Waals surface area (Å²) in [6.07, 6.45) is 3.33. The van der Waals surface area contributed by atoms with Gasteiger partial charge in [-0.3, -0.25) is 0 Å². The molecule has 5 nitrogen and oxygen atoms in total. The highest BCUT2D eigenvalue weighted by Gasteiger charge is 2.26. The smallest absolute Gasteiger partial charge is 0.234 e. The van der Waals surface area contributed by atoms with Gasteiger partial charge in [0.2, 0.25) is 4.96 Å². The summed E-state index contributed by atoms with van der Waals surface area (Å²) < 4.78 is 1.82. The van der Waals surface area contributed by atoms with Gasteiger partial charge in [0.1, 0.15) is 5.01 Å². The molecule has 0 aliphatic heterocycles. The van der Waals surface area contributed by atoms with E-state index in [1.807, 2.05) is 11.4 Å².